The van der Waals surface area contributed by atoms with Crippen LogP contribution in [0.1, 0.15) is 30.5 Å². The number of aryl methyl sites for hydroxylation is 1. The number of piperazine rings is 1. The molecule has 1 saturated heterocycles. The van der Waals surface area contributed by atoms with Crippen LogP contribution in [0.5, 0.6) is 0 Å². The Labute approximate surface area is 158 Å². The monoisotopic (exact) mass is 364 g/mol. The van der Waals surface area contributed by atoms with Gasteiger partial charge in [-0.15, -0.1) is 10.2 Å². The summed E-state index contributed by atoms with van der Waals surface area (Å²) in [5.74, 6) is 1.67. The second kappa shape index (κ2) is 7.34. The fourth-order valence-electron chi connectivity index (χ4n) is 3.72. The fourth-order valence-corrected chi connectivity index (χ4v) is 3.72. The van der Waals surface area contributed by atoms with Gasteiger partial charge in [-0.2, -0.15) is 4.98 Å². The SMILES string of the molecule is CC[C@H](C(=O)N1CCN(c2cc(C)n3cnnc3n2)CC1)c1ccccc1. The number of fused-ring (bicyclic) bond motifs is 1. The summed E-state index contributed by atoms with van der Waals surface area (Å²) in [6.45, 7) is 7.06. The minimum Gasteiger partial charge on any atom is -0.353 e. The molecule has 0 aliphatic carbocycles. The quantitative estimate of drug-likeness (QED) is 0.710. The first-order valence-corrected chi connectivity index (χ1v) is 9.43. The van der Waals surface area contributed by atoms with Gasteiger partial charge in [-0.1, -0.05) is 37.3 Å². The van der Waals surface area contributed by atoms with E-state index < -0.39 is 0 Å². The number of hydrogen-bond acceptors (Lipinski definition) is 5. The minimum atomic E-state index is -0.0644. The maximum Gasteiger partial charge on any atom is 0.256 e. The van der Waals surface area contributed by atoms with Crippen LogP contribution >= 0.6 is 0 Å². The van der Waals surface area contributed by atoms with Gasteiger partial charge in [0.25, 0.3) is 5.78 Å². The van der Waals surface area contributed by atoms with Gasteiger partial charge in [0.05, 0.1) is 5.92 Å². The molecule has 3 aromatic rings. The summed E-state index contributed by atoms with van der Waals surface area (Å²) in [6.07, 6.45) is 2.49. The fraction of sp³-hybridized carbons (Fsp3) is 0.400. The predicted molar refractivity (Wildman–Crippen MR) is 104 cm³/mol. The summed E-state index contributed by atoms with van der Waals surface area (Å²) < 4.78 is 1.87. The molecule has 7 nitrogen and oxygen atoms in total. The van der Waals surface area contributed by atoms with Crippen molar-refractivity contribution in [3.63, 3.8) is 0 Å². The number of carbonyl (C=O) groups is 1. The van der Waals surface area contributed by atoms with E-state index in [4.69, 9.17) is 0 Å². The molecule has 140 valence electrons. The molecule has 1 aliphatic heterocycles. The van der Waals surface area contributed by atoms with Crippen molar-refractivity contribution in [2.45, 2.75) is 26.2 Å². The standard InChI is InChI=1S/C20H24N6O/c1-3-17(16-7-5-4-6-8-16)19(27)25-11-9-24(10-12-25)18-13-15(2)26-14-21-23-20(26)22-18/h4-8,13-14,17H,3,9-12H2,1-2H3/t17-/m0/s1. The molecule has 0 bridgehead atoms. The van der Waals surface area contributed by atoms with Crippen molar-refractivity contribution < 1.29 is 4.79 Å². The zero-order valence-electron chi connectivity index (χ0n) is 15.7. The number of benzene rings is 1. The Morgan fingerprint density at radius 2 is 1.89 bits per heavy atom. The molecule has 1 fully saturated rings. The van der Waals surface area contributed by atoms with Crippen LogP contribution in [-0.2, 0) is 4.79 Å². The largest absolute Gasteiger partial charge is 0.353 e. The van der Waals surface area contributed by atoms with Crippen LogP contribution in [0.15, 0.2) is 42.7 Å². The van der Waals surface area contributed by atoms with Crippen LogP contribution in [0.3, 0.4) is 0 Å². The highest BCUT2D eigenvalue weighted by Crippen LogP contribution is 2.24. The van der Waals surface area contributed by atoms with Crippen LogP contribution in [0, 0.1) is 6.92 Å². The molecule has 3 heterocycles. The molecule has 1 atom stereocenters. The maximum absolute atomic E-state index is 13.0. The van der Waals surface area contributed by atoms with Crippen molar-refractivity contribution in [3.8, 4) is 0 Å². The zero-order valence-corrected chi connectivity index (χ0v) is 15.7. The number of aromatic nitrogens is 4. The normalized spacial score (nSPS) is 15.9. The number of hydrogen-bond donors (Lipinski definition) is 0. The molecule has 7 heteroatoms. The van der Waals surface area contributed by atoms with E-state index in [1.54, 1.807) is 6.33 Å². The molecule has 4 rings (SSSR count). The molecule has 2 aromatic heterocycles. The van der Waals surface area contributed by atoms with Crippen molar-refractivity contribution in [1.82, 2.24) is 24.5 Å². The molecule has 1 aromatic carbocycles. The van der Waals surface area contributed by atoms with E-state index >= 15 is 0 Å². The van der Waals surface area contributed by atoms with Crippen LogP contribution < -0.4 is 4.90 Å². The van der Waals surface area contributed by atoms with E-state index in [-0.39, 0.29) is 11.8 Å². The van der Waals surface area contributed by atoms with E-state index in [9.17, 15) is 4.79 Å². The molecule has 0 radical (unpaired) electrons. The lowest BCUT2D eigenvalue weighted by atomic mass is 9.95. The van der Waals surface area contributed by atoms with Gasteiger partial charge in [-0.25, -0.2) is 0 Å². The van der Waals surface area contributed by atoms with E-state index in [2.05, 4.69) is 27.0 Å². The second-order valence-corrected chi connectivity index (χ2v) is 6.94. The smallest absolute Gasteiger partial charge is 0.256 e. The summed E-state index contributed by atoms with van der Waals surface area (Å²) >= 11 is 0. The van der Waals surface area contributed by atoms with Gasteiger partial charge in [0, 0.05) is 37.9 Å². The maximum atomic E-state index is 13.0. The van der Waals surface area contributed by atoms with E-state index in [0.717, 1.165) is 36.6 Å². The second-order valence-electron chi connectivity index (χ2n) is 6.94. The van der Waals surface area contributed by atoms with Gasteiger partial charge in [0.1, 0.15) is 12.1 Å². The molecule has 1 aliphatic rings. The minimum absolute atomic E-state index is 0.0644. The Bertz CT molecular complexity index is 930. The van der Waals surface area contributed by atoms with Crippen molar-refractivity contribution >= 4 is 17.5 Å². The van der Waals surface area contributed by atoms with Crippen LogP contribution in [0.4, 0.5) is 5.82 Å². The van der Waals surface area contributed by atoms with E-state index in [1.165, 1.54) is 0 Å². The first-order valence-electron chi connectivity index (χ1n) is 9.43. The van der Waals surface area contributed by atoms with Gasteiger partial charge >= 0.3 is 0 Å². The van der Waals surface area contributed by atoms with Crippen molar-refractivity contribution in [3.05, 3.63) is 54.0 Å². The lowest BCUT2D eigenvalue weighted by Gasteiger charge is -2.37. The number of anilines is 1. The average Bonchev–Trinajstić information content (AvgIpc) is 3.19. The molecular formula is C20H24N6O. The highest BCUT2D eigenvalue weighted by Gasteiger charge is 2.28. The topological polar surface area (TPSA) is 66.6 Å². The number of carbonyl (C=O) groups excluding carboxylic acids is 1. The third kappa shape index (κ3) is 3.37. The summed E-state index contributed by atoms with van der Waals surface area (Å²) in [7, 11) is 0. The van der Waals surface area contributed by atoms with E-state index in [0.29, 0.717) is 18.9 Å². The molecule has 0 saturated carbocycles. The van der Waals surface area contributed by atoms with Gasteiger partial charge < -0.3 is 9.80 Å². The number of amides is 1. The summed E-state index contributed by atoms with van der Waals surface area (Å²) in [4.78, 5) is 21.8. The van der Waals surface area contributed by atoms with Crippen LogP contribution in [0.2, 0.25) is 0 Å². The Kier molecular flexibility index (Phi) is 4.75. The van der Waals surface area contributed by atoms with Gasteiger partial charge in [-0.05, 0) is 18.9 Å². The lowest BCUT2D eigenvalue weighted by Crippen LogP contribution is -2.50. The first-order chi connectivity index (χ1) is 13.2. The number of nitrogens with zero attached hydrogens (tertiary/aromatic N) is 6. The summed E-state index contributed by atoms with van der Waals surface area (Å²) in [6, 6.07) is 12.1. The van der Waals surface area contributed by atoms with Gasteiger partial charge in [-0.3, -0.25) is 9.20 Å². The lowest BCUT2D eigenvalue weighted by molar-refractivity contribution is -0.133. The van der Waals surface area contributed by atoms with Gasteiger partial charge in [0.2, 0.25) is 5.91 Å². The third-order valence-electron chi connectivity index (χ3n) is 5.29. The highest BCUT2D eigenvalue weighted by atomic mass is 16.2. The molecule has 0 N–H and O–H groups in total. The average molecular weight is 364 g/mol. The molecule has 0 unspecified atom stereocenters. The Morgan fingerprint density at radius 1 is 1.15 bits per heavy atom. The molecule has 27 heavy (non-hydrogen) atoms. The first kappa shape index (κ1) is 17.5. The summed E-state index contributed by atoms with van der Waals surface area (Å²) in [5.41, 5.74) is 2.15. The predicted octanol–water partition coefficient (Wildman–Crippen LogP) is 2.28. The Morgan fingerprint density at radius 3 is 2.59 bits per heavy atom. The molecular weight excluding hydrogens is 340 g/mol. The summed E-state index contributed by atoms with van der Waals surface area (Å²) in [5, 5.41) is 7.98. The molecule has 0 spiro atoms. The van der Waals surface area contributed by atoms with Crippen molar-refractivity contribution in [2.75, 3.05) is 31.1 Å². The van der Waals surface area contributed by atoms with Gasteiger partial charge in [0.15, 0.2) is 0 Å². The number of rotatable bonds is 4. The zero-order chi connectivity index (χ0) is 18.8. The van der Waals surface area contributed by atoms with Crippen molar-refractivity contribution in [2.24, 2.45) is 0 Å². The van der Waals surface area contributed by atoms with Crippen molar-refractivity contribution in [1.29, 1.82) is 0 Å². The van der Waals surface area contributed by atoms with Crippen LogP contribution in [0.25, 0.3) is 5.78 Å². The highest BCUT2D eigenvalue weighted by molar-refractivity contribution is 5.84. The Balaban J connectivity index is 1.45. The Hall–Kier alpha value is -2.96. The van der Waals surface area contributed by atoms with Crippen LogP contribution in [-0.4, -0.2) is 56.6 Å². The molecule has 1 amide bonds. The van der Waals surface area contributed by atoms with E-state index in [1.807, 2.05) is 52.6 Å². The third-order valence-corrected chi connectivity index (χ3v) is 5.29.